The van der Waals surface area contributed by atoms with Crippen LogP contribution in [0.15, 0.2) is 18.5 Å². The minimum Gasteiger partial charge on any atom is -0.368 e. The van der Waals surface area contributed by atoms with Gasteiger partial charge < -0.3 is 10.1 Å². The molecule has 1 aromatic heterocycles. The van der Waals surface area contributed by atoms with Crippen molar-refractivity contribution in [2.45, 2.75) is 58.6 Å². The van der Waals surface area contributed by atoms with Gasteiger partial charge in [-0.2, -0.15) is 0 Å². The molecule has 116 valence electrons. The van der Waals surface area contributed by atoms with Crippen molar-refractivity contribution >= 4 is 5.91 Å². The molecular formula is C17H26N2O2. The van der Waals surface area contributed by atoms with Gasteiger partial charge in [-0.25, -0.2) is 0 Å². The minimum absolute atomic E-state index is 0.0445. The third kappa shape index (κ3) is 5.12. The van der Waals surface area contributed by atoms with E-state index in [-0.39, 0.29) is 18.6 Å². The zero-order valence-corrected chi connectivity index (χ0v) is 13.1. The number of pyridine rings is 1. The van der Waals surface area contributed by atoms with Crippen LogP contribution in [0.2, 0.25) is 0 Å². The molecule has 4 heteroatoms. The van der Waals surface area contributed by atoms with Crippen LogP contribution >= 0.6 is 0 Å². The molecule has 0 saturated heterocycles. The lowest BCUT2D eigenvalue weighted by Gasteiger charge is -2.30. The number of rotatable bonds is 6. The molecule has 0 bridgehead atoms. The van der Waals surface area contributed by atoms with E-state index in [2.05, 4.69) is 17.2 Å². The number of hydrogen-bond acceptors (Lipinski definition) is 3. The molecule has 21 heavy (non-hydrogen) atoms. The first-order valence-electron chi connectivity index (χ1n) is 7.98. The molecule has 1 aromatic rings. The van der Waals surface area contributed by atoms with Crippen molar-refractivity contribution in [1.29, 1.82) is 0 Å². The van der Waals surface area contributed by atoms with E-state index in [4.69, 9.17) is 4.74 Å². The summed E-state index contributed by atoms with van der Waals surface area (Å²) in [6, 6.07) is 2.03. The van der Waals surface area contributed by atoms with Gasteiger partial charge in [0.2, 0.25) is 5.91 Å². The van der Waals surface area contributed by atoms with Gasteiger partial charge in [0.1, 0.15) is 6.61 Å². The van der Waals surface area contributed by atoms with Crippen molar-refractivity contribution in [3.63, 3.8) is 0 Å². The molecule has 4 nitrogen and oxygen atoms in total. The fourth-order valence-electron chi connectivity index (χ4n) is 3.01. The number of carbonyl (C=O) groups is 1. The average molecular weight is 290 g/mol. The molecule has 0 radical (unpaired) electrons. The molecule has 1 N–H and O–H groups in total. The molecule has 1 aliphatic rings. The predicted molar refractivity (Wildman–Crippen MR) is 82.8 cm³/mol. The number of nitrogens with one attached hydrogen (secondary N) is 1. The van der Waals surface area contributed by atoms with Gasteiger partial charge in [-0.05, 0) is 36.8 Å². The molecule has 2 unspecified atom stereocenters. The lowest BCUT2D eigenvalue weighted by Crippen LogP contribution is -2.33. The number of hydrogen-bond donors (Lipinski definition) is 1. The van der Waals surface area contributed by atoms with Gasteiger partial charge in [0.05, 0.1) is 6.10 Å². The van der Waals surface area contributed by atoms with E-state index in [0.717, 1.165) is 24.0 Å². The van der Waals surface area contributed by atoms with Gasteiger partial charge in [-0.1, -0.05) is 32.3 Å². The van der Waals surface area contributed by atoms with E-state index in [1.807, 2.05) is 19.2 Å². The zero-order valence-electron chi connectivity index (χ0n) is 13.1. The zero-order chi connectivity index (χ0) is 15.1. The van der Waals surface area contributed by atoms with Crippen LogP contribution in [0.5, 0.6) is 0 Å². The van der Waals surface area contributed by atoms with Crippen LogP contribution < -0.4 is 5.32 Å². The third-order valence-electron chi connectivity index (χ3n) is 4.21. The summed E-state index contributed by atoms with van der Waals surface area (Å²) in [5.74, 6) is 0.574. The number of carbonyl (C=O) groups excluding carboxylic acids is 1. The van der Waals surface area contributed by atoms with Crippen molar-refractivity contribution < 1.29 is 9.53 Å². The molecule has 0 aliphatic heterocycles. The Labute approximate surface area is 127 Å². The molecule has 1 amide bonds. The predicted octanol–water partition coefficient (Wildman–Crippen LogP) is 2.99. The Hall–Kier alpha value is -1.42. The second kappa shape index (κ2) is 8.13. The second-order valence-electron chi connectivity index (χ2n) is 5.95. The van der Waals surface area contributed by atoms with Gasteiger partial charge in [0.15, 0.2) is 0 Å². The quantitative estimate of drug-likeness (QED) is 0.876. The second-order valence-corrected chi connectivity index (χ2v) is 5.95. The largest absolute Gasteiger partial charge is 0.368 e. The summed E-state index contributed by atoms with van der Waals surface area (Å²) in [5, 5.41) is 2.89. The maximum Gasteiger partial charge on any atom is 0.246 e. The van der Waals surface area contributed by atoms with Gasteiger partial charge in [0.25, 0.3) is 0 Å². The third-order valence-corrected chi connectivity index (χ3v) is 4.21. The highest BCUT2D eigenvalue weighted by molar-refractivity contribution is 5.77. The molecular weight excluding hydrogens is 264 g/mol. The molecule has 2 atom stereocenters. The minimum atomic E-state index is -0.0445. The van der Waals surface area contributed by atoms with Crippen LogP contribution in [0.3, 0.4) is 0 Å². The first kappa shape index (κ1) is 16.0. The van der Waals surface area contributed by atoms with E-state index >= 15 is 0 Å². The highest BCUT2D eigenvalue weighted by Crippen LogP contribution is 2.28. The molecule has 2 rings (SSSR count). The summed E-state index contributed by atoms with van der Waals surface area (Å²) in [6.45, 7) is 4.88. The maximum atomic E-state index is 11.9. The Morgan fingerprint density at radius 1 is 1.38 bits per heavy atom. The summed E-state index contributed by atoms with van der Waals surface area (Å²) in [5.41, 5.74) is 2.12. The van der Waals surface area contributed by atoms with Gasteiger partial charge in [-0.3, -0.25) is 9.78 Å². The number of nitrogens with zero attached hydrogens (tertiary/aromatic N) is 1. The molecule has 1 fully saturated rings. The fraction of sp³-hybridized carbons (Fsp3) is 0.647. The van der Waals surface area contributed by atoms with Crippen LogP contribution in [0.1, 0.15) is 50.2 Å². The van der Waals surface area contributed by atoms with Crippen molar-refractivity contribution in [1.82, 2.24) is 10.3 Å². The number of ether oxygens (including phenoxy) is 1. The molecule has 0 spiro atoms. The Kier molecular flexibility index (Phi) is 6.18. The van der Waals surface area contributed by atoms with Crippen LogP contribution in [0, 0.1) is 12.8 Å². The highest BCUT2D eigenvalue weighted by atomic mass is 16.5. The molecule has 0 aromatic carbocycles. The molecule has 1 saturated carbocycles. The lowest BCUT2D eigenvalue weighted by molar-refractivity contribution is -0.130. The van der Waals surface area contributed by atoms with E-state index < -0.39 is 0 Å². The number of aromatic nitrogens is 1. The standard InChI is InChI=1S/C17H26N2O2/c1-3-15-6-4-5-7-16(15)21-12-17(20)19-11-14-8-13(2)9-18-10-14/h8-10,15-16H,3-7,11-12H2,1-2H3,(H,19,20). The Morgan fingerprint density at radius 2 is 2.19 bits per heavy atom. The first-order valence-corrected chi connectivity index (χ1v) is 7.98. The lowest BCUT2D eigenvalue weighted by atomic mass is 9.85. The Morgan fingerprint density at radius 3 is 2.95 bits per heavy atom. The van der Waals surface area contributed by atoms with Crippen molar-refractivity contribution in [3.8, 4) is 0 Å². The van der Waals surface area contributed by atoms with Crippen LogP contribution in [-0.4, -0.2) is 23.6 Å². The van der Waals surface area contributed by atoms with Crippen molar-refractivity contribution in [2.75, 3.05) is 6.61 Å². The van der Waals surface area contributed by atoms with Crippen LogP contribution in [-0.2, 0) is 16.1 Å². The van der Waals surface area contributed by atoms with Gasteiger partial charge in [-0.15, -0.1) is 0 Å². The van der Waals surface area contributed by atoms with Crippen molar-refractivity contribution in [2.24, 2.45) is 5.92 Å². The summed E-state index contributed by atoms with van der Waals surface area (Å²) in [6.07, 6.45) is 9.83. The molecule has 1 heterocycles. The molecule has 1 aliphatic carbocycles. The average Bonchev–Trinajstić information content (AvgIpc) is 2.51. The number of amides is 1. The van der Waals surface area contributed by atoms with Gasteiger partial charge in [0, 0.05) is 18.9 Å². The Bertz CT molecular complexity index is 462. The first-order chi connectivity index (χ1) is 10.2. The summed E-state index contributed by atoms with van der Waals surface area (Å²) in [4.78, 5) is 16.0. The summed E-state index contributed by atoms with van der Waals surface area (Å²) in [7, 11) is 0. The van der Waals surface area contributed by atoms with Crippen LogP contribution in [0.4, 0.5) is 0 Å². The van der Waals surface area contributed by atoms with E-state index in [9.17, 15) is 4.79 Å². The fourth-order valence-corrected chi connectivity index (χ4v) is 3.01. The van der Waals surface area contributed by atoms with Crippen LogP contribution in [0.25, 0.3) is 0 Å². The smallest absolute Gasteiger partial charge is 0.246 e. The summed E-state index contributed by atoms with van der Waals surface area (Å²) >= 11 is 0. The van der Waals surface area contributed by atoms with E-state index in [1.165, 1.54) is 19.3 Å². The normalized spacial score (nSPS) is 22.0. The monoisotopic (exact) mass is 290 g/mol. The number of aryl methyl sites for hydroxylation is 1. The SMILES string of the molecule is CCC1CCCCC1OCC(=O)NCc1cncc(C)c1. The Balaban J connectivity index is 1.72. The van der Waals surface area contributed by atoms with E-state index in [1.54, 1.807) is 6.20 Å². The maximum absolute atomic E-state index is 11.9. The topological polar surface area (TPSA) is 51.2 Å². The highest BCUT2D eigenvalue weighted by Gasteiger charge is 2.24. The van der Waals surface area contributed by atoms with E-state index in [0.29, 0.717) is 12.5 Å². The van der Waals surface area contributed by atoms with Gasteiger partial charge >= 0.3 is 0 Å². The van der Waals surface area contributed by atoms with Crippen molar-refractivity contribution in [3.05, 3.63) is 29.6 Å². The summed E-state index contributed by atoms with van der Waals surface area (Å²) < 4.78 is 5.83.